The van der Waals surface area contributed by atoms with E-state index in [-0.39, 0.29) is 5.82 Å². The lowest BCUT2D eigenvalue weighted by Gasteiger charge is -2.27. The Hall–Kier alpha value is -2.74. The molecular formula is C22H29FN6O. The number of ether oxygens (including phenoxy) is 1. The van der Waals surface area contributed by atoms with Gasteiger partial charge in [-0.1, -0.05) is 17.7 Å². The first-order valence-electron chi connectivity index (χ1n) is 10.7. The van der Waals surface area contributed by atoms with E-state index in [0.717, 1.165) is 26.1 Å². The van der Waals surface area contributed by atoms with Crippen molar-refractivity contribution in [2.24, 2.45) is 0 Å². The largest absolute Gasteiger partial charge is 0.378 e. The van der Waals surface area contributed by atoms with Gasteiger partial charge in [0.1, 0.15) is 5.82 Å². The molecule has 0 saturated carbocycles. The number of morpholine rings is 1. The normalized spacial score (nSPS) is 16.9. The van der Waals surface area contributed by atoms with Gasteiger partial charge in [-0.2, -0.15) is 15.0 Å². The maximum atomic E-state index is 13.9. The fraction of sp³-hybridized carbons (Fsp3) is 0.500. The number of hydrogen-bond donors (Lipinski definition) is 2. The molecule has 2 aromatic rings. The lowest BCUT2D eigenvalue weighted by molar-refractivity contribution is 0.122. The minimum absolute atomic E-state index is 0.262. The van der Waals surface area contributed by atoms with E-state index in [1.54, 1.807) is 13.0 Å². The van der Waals surface area contributed by atoms with Crippen LogP contribution in [0.1, 0.15) is 37.7 Å². The standard InChI is InChI=1S/C22H29FN6O/c1-16-7-8-18(15-19(16)23)25-21-26-20(24-10-9-17-5-3-2-4-6-17)27-22(28-21)29-11-13-30-14-12-29/h5,7-8,15H,2-4,6,9-14H2,1H3,(H2,24,25,26,27,28). The molecule has 0 spiro atoms. The zero-order chi connectivity index (χ0) is 20.8. The van der Waals surface area contributed by atoms with Gasteiger partial charge in [0.05, 0.1) is 13.2 Å². The van der Waals surface area contributed by atoms with Crippen LogP contribution in [0.15, 0.2) is 29.8 Å². The number of halogens is 1. The third kappa shape index (κ3) is 5.44. The quantitative estimate of drug-likeness (QED) is 0.660. The second kappa shape index (κ2) is 9.84. The number of nitrogens with one attached hydrogen (secondary N) is 2. The molecule has 1 saturated heterocycles. The Labute approximate surface area is 176 Å². The Bertz CT molecular complexity index is 897. The van der Waals surface area contributed by atoms with Crippen molar-refractivity contribution in [3.63, 3.8) is 0 Å². The minimum atomic E-state index is -0.262. The zero-order valence-corrected chi connectivity index (χ0v) is 17.5. The Kier molecular flexibility index (Phi) is 6.74. The Morgan fingerprint density at radius 1 is 1.10 bits per heavy atom. The molecule has 1 aliphatic carbocycles. The molecule has 1 aliphatic heterocycles. The molecule has 0 unspecified atom stereocenters. The average molecular weight is 413 g/mol. The fourth-order valence-corrected chi connectivity index (χ4v) is 3.67. The summed E-state index contributed by atoms with van der Waals surface area (Å²) in [5.41, 5.74) is 2.71. The summed E-state index contributed by atoms with van der Waals surface area (Å²) < 4.78 is 19.4. The predicted molar refractivity (Wildman–Crippen MR) is 117 cm³/mol. The number of nitrogens with zero attached hydrogens (tertiary/aromatic N) is 4. The van der Waals surface area contributed by atoms with Crippen molar-refractivity contribution in [2.45, 2.75) is 39.0 Å². The van der Waals surface area contributed by atoms with Gasteiger partial charge >= 0.3 is 0 Å². The highest BCUT2D eigenvalue weighted by molar-refractivity contribution is 5.56. The molecule has 2 heterocycles. The molecule has 0 amide bonds. The van der Waals surface area contributed by atoms with Crippen molar-refractivity contribution >= 4 is 23.5 Å². The molecule has 7 nitrogen and oxygen atoms in total. The summed E-state index contributed by atoms with van der Waals surface area (Å²) in [6, 6.07) is 5.01. The lowest BCUT2D eigenvalue weighted by atomic mass is 9.97. The van der Waals surface area contributed by atoms with E-state index in [9.17, 15) is 4.39 Å². The van der Waals surface area contributed by atoms with Crippen LogP contribution in [0, 0.1) is 12.7 Å². The SMILES string of the molecule is Cc1ccc(Nc2nc(NCCC3=CCCCC3)nc(N3CCOCC3)n2)cc1F. The minimum Gasteiger partial charge on any atom is -0.378 e. The number of allylic oxidation sites excluding steroid dienone is 1. The summed E-state index contributed by atoms with van der Waals surface area (Å²) in [5, 5.41) is 6.46. The zero-order valence-electron chi connectivity index (χ0n) is 17.5. The van der Waals surface area contributed by atoms with Gasteiger partial charge in [0.25, 0.3) is 0 Å². The molecule has 1 aromatic heterocycles. The first-order chi connectivity index (χ1) is 14.7. The average Bonchev–Trinajstić information content (AvgIpc) is 2.78. The number of aryl methyl sites for hydroxylation is 1. The predicted octanol–water partition coefficient (Wildman–Crippen LogP) is 4.20. The van der Waals surface area contributed by atoms with Gasteiger partial charge in [0, 0.05) is 25.3 Å². The number of hydrogen-bond acceptors (Lipinski definition) is 7. The van der Waals surface area contributed by atoms with Gasteiger partial charge in [-0.15, -0.1) is 0 Å². The first kappa shape index (κ1) is 20.5. The van der Waals surface area contributed by atoms with Crippen LogP contribution in [0.3, 0.4) is 0 Å². The second-order valence-corrected chi connectivity index (χ2v) is 7.76. The monoisotopic (exact) mass is 412 g/mol. The highest BCUT2D eigenvalue weighted by Gasteiger charge is 2.17. The smallest absolute Gasteiger partial charge is 0.233 e. The van der Waals surface area contributed by atoms with E-state index < -0.39 is 0 Å². The summed E-state index contributed by atoms with van der Waals surface area (Å²) in [6.45, 7) is 5.27. The second-order valence-electron chi connectivity index (χ2n) is 7.76. The van der Waals surface area contributed by atoms with Crippen LogP contribution in [0.5, 0.6) is 0 Å². The molecular weight excluding hydrogens is 383 g/mol. The van der Waals surface area contributed by atoms with Gasteiger partial charge < -0.3 is 20.3 Å². The topological polar surface area (TPSA) is 75.2 Å². The van der Waals surface area contributed by atoms with Gasteiger partial charge in [-0.05, 0) is 56.7 Å². The van der Waals surface area contributed by atoms with Crippen LogP contribution >= 0.6 is 0 Å². The van der Waals surface area contributed by atoms with Crippen LogP contribution in [0.2, 0.25) is 0 Å². The number of benzene rings is 1. The molecule has 160 valence electrons. The molecule has 1 aromatic carbocycles. The first-order valence-corrected chi connectivity index (χ1v) is 10.7. The molecule has 30 heavy (non-hydrogen) atoms. The molecule has 2 aliphatic rings. The highest BCUT2D eigenvalue weighted by atomic mass is 19.1. The number of aromatic nitrogens is 3. The van der Waals surface area contributed by atoms with Gasteiger partial charge in [-0.3, -0.25) is 0 Å². The van der Waals surface area contributed by atoms with Crippen molar-refractivity contribution in [1.29, 1.82) is 0 Å². The van der Waals surface area contributed by atoms with Crippen LogP contribution in [0.4, 0.5) is 27.9 Å². The molecule has 0 bridgehead atoms. The number of anilines is 4. The van der Waals surface area contributed by atoms with Crippen molar-refractivity contribution in [3.8, 4) is 0 Å². The molecule has 2 N–H and O–H groups in total. The molecule has 1 fully saturated rings. The van der Waals surface area contributed by atoms with Crippen LogP contribution in [-0.4, -0.2) is 47.8 Å². The van der Waals surface area contributed by atoms with E-state index in [1.165, 1.54) is 37.3 Å². The van der Waals surface area contributed by atoms with Crippen molar-refractivity contribution in [2.75, 3.05) is 48.4 Å². The third-order valence-corrected chi connectivity index (χ3v) is 5.46. The van der Waals surface area contributed by atoms with E-state index in [1.807, 2.05) is 6.07 Å². The molecule has 8 heteroatoms. The summed E-state index contributed by atoms with van der Waals surface area (Å²) >= 11 is 0. The maximum absolute atomic E-state index is 13.9. The highest BCUT2D eigenvalue weighted by Crippen LogP contribution is 2.22. The molecule has 0 atom stereocenters. The summed E-state index contributed by atoms with van der Waals surface area (Å²) in [4.78, 5) is 15.8. The number of rotatable bonds is 7. The van der Waals surface area contributed by atoms with E-state index >= 15 is 0 Å². The molecule has 0 radical (unpaired) electrons. The van der Waals surface area contributed by atoms with Gasteiger partial charge in [0.15, 0.2) is 0 Å². The van der Waals surface area contributed by atoms with Gasteiger partial charge in [0.2, 0.25) is 17.8 Å². The van der Waals surface area contributed by atoms with Gasteiger partial charge in [-0.25, -0.2) is 4.39 Å². The summed E-state index contributed by atoms with van der Waals surface area (Å²) in [5.74, 6) is 1.26. The fourth-order valence-electron chi connectivity index (χ4n) is 3.67. The van der Waals surface area contributed by atoms with Crippen molar-refractivity contribution in [3.05, 3.63) is 41.2 Å². The van der Waals surface area contributed by atoms with Crippen LogP contribution in [-0.2, 0) is 4.74 Å². The van der Waals surface area contributed by atoms with E-state index in [2.05, 4.69) is 36.6 Å². The Balaban J connectivity index is 1.50. The van der Waals surface area contributed by atoms with E-state index in [4.69, 9.17) is 4.74 Å². The lowest BCUT2D eigenvalue weighted by Crippen LogP contribution is -2.37. The van der Waals surface area contributed by atoms with Crippen molar-refractivity contribution in [1.82, 2.24) is 15.0 Å². The summed E-state index contributed by atoms with van der Waals surface area (Å²) in [7, 11) is 0. The Morgan fingerprint density at radius 2 is 1.93 bits per heavy atom. The van der Waals surface area contributed by atoms with Crippen LogP contribution < -0.4 is 15.5 Å². The Morgan fingerprint density at radius 3 is 2.70 bits per heavy atom. The van der Waals surface area contributed by atoms with Crippen LogP contribution in [0.25, 0.3) is 0 Å². The summed E-state index contributed by atoms with van der Waals surface area (Å²) in [6.07, 6.45) is 8.29. The maximum Gasteiger partial charge on any atom is 0.233 e. The van der Waals surface area contributed by atoms with Crippen molar-refractivity contribution < 1.29 is 9.13 Å². The van der Waals surface area contributed by atoms with E-state index in [0.29, 0.717) is 42.3 Å². The third-order valence-electron chi connectivity index (χ3n) is 5.46. The molecule has 4 rings (SSSR count).